The van der Waals surface area contributed by atoms with Crippen LogP contribution in [0.1, 0.15) is 37.7 Å². The van der Waals surface area contributed by atoms with Crippen molar-refractivity contribution < 1.29 is 19.1 Å². The highest BCUT2D eigenvalue weighted by Crippen LogP contribution is 2.38. The zero-order chi connectivity index (χ0) is 19.6. The lowest BCUT2D eigenvalue weighted by atomic mass is 9.81. The summed E-state index contributed by atoms with van der Waals surface area (Å²) in [6.07, 6.45) is 3.69. The lowest BCUT2D eigenvalue weighted by molar-refractivity contribution is -0.140. The van der Waals surface area contributed by atoms with Gasteiger partial charge in [0.15, 0.2) is 0 Å². The first-order valence-corrected chi connectivity index (χ1v) is 9.71. The van der Waals surface area contributed by atoms with Crippen LogP contribution in [0.25, 0.3) is 0 Å². The van der Waals surface area contributed by atoms with E-state index in [2.05, 4.69) is 0 Å². The van der Waals surface area contributed by atoms with Crippen molar-refractivity contribution in [2.45, 2.75) is 38.6 Å². The van der Waals surface area contributed by atoms with Crippen LogP contribution in [0.4, 0.5) is 0 Å². The molecule has 2 fully saturated rings. The average molecular weight is 393 g/mol. The minimum Gasteiger partial charge on any atom is -0.496 e. The van der Waals surface area contributed by atoms with Crippen LogP contribution >= 0.6 is 11.6 Å². The normalized spacial score (nSPS) is 22.0. The maximum Gasteiger partial charge on any atom is 0.233 e. The molecular formula is C20H25ClN2O4. The van der Waals surface area contributed by atoms with Gasteiger partial charge in [0.2, 0.25) is 17.7 Å². The third-order valence-corrected chi connectivity index (χ3v) is 5.79. The second-order valence-electron chi connectivity index (χ2n) is 7.28. The molecule has 27 heavy (non-hydrogen) atoms. The highest BCUT2D eigenvalue weighted by molar-refractivity contribution is 6.30. The summed E-state index contributed by atoms with van der Waals surface area (Å²) in [5, 5.41) is 0.572. The Morgan fingerprint density at radius 2 is 1.85 bits per heavy atom. The van der Waals surface area contributed by atoms with Gasteiger partial charge in [-0.05, 0) is 31.0 Å². The van der Waals surface area contributed by atoms with Crippen molar-refractivity contribution in [3.63, 3.8) is 0 Å². The SMILES string of the molecule is COc1ccc(Cl)cc1CN(C)C(=O)CCN1C(=O)[C@H]2CCCC[C@H]2C1=O. The van der Waals surface area contributed by atoms with Crippen LogP contribution < -0.4 is 4.74 Å². The molecule has 7 heteroatoms. The number of fused-ring (bicyclic) bond motifs is 1. The molecule has 0 N–H and O–H groups in total. The number of carbonyl (C=O) groups excluding carboxylic acids is 3. The Hall–Kier alpha value is -2.08. The topological polar surface area (TPSA) is 66.9 Å². The van der Waals surface area contributed by atoms with E-state index in [1.54, 1.807) is 37.3 Å². The quantitative estimate of drug-likeness (QED) is 0.698. The molecule has 1 saturated carbocycles. The van der Waals surface area contributed by atoms with Crippen molar-refractivity contribution >= 4 is 29.3 Å². The minimum atomic E-state index is -0.171. The van der Waals surface area contributed by atoms with Crippen LogP contribution in [-0.4, -0.2) is 48.2 Å². The highest BCUT2D eigenvalue weighted by atomic mass is 35.5. The Bertz CT molecular complexity index is 727. The molecule has 0 radical (unpaired) electrons. The summed E-state index contributed by atoms with van der Waals surface area (Å²) in [4.78, 5) is 40.4. The average Bonchev–Trinajstić information content (AvgIpc) is 2.91. The minimum absolute atomic E-state index is 0.100. The standard InChI is InChI=1S/C20H25ClN2O4/c1-22(12-13-11-14(21)7-8-17(13)27-2)18(24)9-10-23-19(25)15-5-3-4-6-16(15)20(23)26/h7-8,11,15-16H,3-6,9-10,12H2,1-2H3/t15-,16+. The molecule has 1 aromatic carbocycles. The first-order chi connectivity index (χ1) is 12.9. The van der Waals surface area contributed by atoms with Crippen molar-refractivity contribution in [3.05, 3.63) is 28.8 Å². The number of imide groups is 1. The number of halogens is 1. The van der Waals surface area contributed by atoms with Gasteiger partial charge in [0.05, 0.1) is 18.9 Å². The van der Waals surface area contributed by atoms with Gasteiger partial charge >= 0.3 is 0 Å². The van der Waals surface area contributed by atoms with Crippen molar-refractivity contribution in [1.82, 2.24) is 9.80 Å². The van der Waals surface area contributed by atoms with Crippen molar-refractivity contribution in [2.75, 3.05) is 20.7 Å². The van der Waals surface area contributed by atoms with E-state index in [0.29, 0.717) is 17.3 Å². The Morgan fingerprint density at radius 1 is 1.22 bits per heavy atom. The maximum absolute atomic E-state index is 12.5. The van der Waals surface area contributed by atoms with Crippen molar-refractivity contribution in [2.24, 2.45) is 11.8 Å². The molecule has 0 unspecified atom stereocenters. The number of carbonyl (C=O) groups is 3. The van der Waals surface area contributed by atoms with E-state index in [-0.39, 0.29) is 42.5 Å². The third-order valence-electron chi connectivity index (χ3n) is 5.56. The van der Waals surface area contributed by atoms with Crippen LogP contribution in [-0.2, 0) is 20.9 Å². The van der Waals surface area contributed by atoms with Crippen molar-refractivity contribution in [1.29, 1.82) is 0 Å². The number of likely N-dealkylation sites (tertiary alicyclic amines) is 1. The molecule has 0 aromatic heterocycles. The largest absolute Gasteiger partial charge is 0.496 e. The molecular weight excluding hydrogens is 368 g/mol. The molecule has 3 amide bonds. The van der Waals surface area contributed by atoms with E-state index >= 15 is 0 Å². The Balaban J connectivity index is 1.58. The van der Waals surface area contributed by atoms with Gasteiger partial charge in [-0.25, -0.2) is 0 Å². The van der Waals surface area contributed by atoms with Crippen molar-refractivity contribution in [3.8, 4) is 5.75 Å². The molecule has 1 aromatic rings. The fourth-order valence-electron chi connectivity index (χ4n) is 4.06. The van der Waals surface area contributed by atoms with Gasteiger partial charge in [0.25, 0.3) is 0 Å². The fraction of sp³-hybridized carbons (Fsp3) is 0.550. The Morgan fingerprint density at radius 3 is 2.44 bits per heavy atom. The van der Waals surface area contributed by atoms with Crippen LogP contribution in [0.5, 0.6) is 5.75 Å². The summed E-state index contributed by atoms with van der Waals surface area (Å²) in [5.41, 5.74) is 0.806. The summed E-state index contributed by atoms with van der Waals surface area (Å²) in [6, 6.07) is 5.26. The predicted molar refractivity (Wildman–Crippen MR) is 101 cm³/mol. The number of methoxy groups -OCH3 is 1. The van der Waals surface area contributed by atoms with E-state index in [0.717, 1.165) is 31.2 Å². The van der Waals surface area contributed by atoms with Gasteiger partial charge in [-0.3, -0.25) is 19.3 Å². The second-order valence-corrected chi connectivity index (χ2v) is 7.72. The molecule has 0 bridgehead atoms. The smallest absolute Gasteiger partial charge is 0.233 e. The molecule has 146 valence electrons. The number of benzene rings is 1. The summed E-state index contributed by atoms with van der Waals surface area (Å²) >= 11 is 6.04. The van der Waals surface area contributed by atoms with Gasteiger partial charge in [-0.2, -0.15) is 0 Å². The summed E-state index contributed by atoms with van der Waals surface area (Å²) in [7, 11) is 3.26. The molecule has 2 atom stereocenters. The van der Waals surface area contributed by atoms with Crippen LogP contribution in [0.2, 0.25) is 5.02 Å². The van der Waals surface area contributed by atoms with Gasteiger partial charge in [0.1, 0.15) is 5.75 Å². The highest BCUT2D eigenvalue weighted by Gasteiger charge is 2.47. The summed E-state index contributed by atoms with van der Waals surface area (Å²) in [6.45, 7) is 0.496. The molecule has 3 rings (SSSR count). The van der Waals surface area contributed by atoms with Gasteiger partial charge in [0, 0.05) is 37.1 Å². The number of hydrogen-bond acceptors (Lipinski definition) is 4. The fourth-order valence-corrected chi connectivity index (χ4v) is 4.26. The first kappa shape index (κ1) is 19.7. The predicted octanol–water partition coefficient (Wildman–Crippen LogP) is 2.87. The zero-order valence-corrected chi connectivity index (χ0v) is 16.5. The lowest BCUT2D eigenvalue weighted by Crippen LogP contribution is -2.36. The van der Waals surface area contributed by atoms with Gasteiger partial charge in [-0.15, -0.1) is 0 Å². The molecule has 6 nitrogen and oxygen atoms in total. The summed E-state index contributed by atoms with van der Waals surface area (Å²) in [5.74, 6) is -0.0153. The number of amides is 3. The Kier molecular flexibility index (Phi) is 6.05. The molecule has 1 heterocycles. The molecule has 1 aliphatic heterocycles. The number of rotatable bonds is 6. The third kappa shape index (κ3) is 4.10. The lowest BCUT2D eigenvalue weighted by Gasteiger charge is -2.21. The van der Waals surface area contributed by atoms with Crippen LogP contribution in [0.3, 0.4) is 0 Å². The Labute approximate surface area is 164 Å². The maximum atomic E-state index is 12.5. The molecule has 2 aliphatic rings. The van der Waals surface area contributed by atoms with Gasteiger partial charge in [-0.1, -0.05) is 24.4 Å². The van der Waals surface area contributed by atoms with E-state index in [1.807, 2.05) is 0 Å². The van der Waals surface area contributed by atoms with Crippen LogP contribution in [0, 0.1) is 11.8 Å². The number of ether oxygens (including phenoxy) is 1. The summed E-state index contributed by atoms with van der Waals surface area (Å²) < 4.78 is 5.31. The van der Waals surface area contributed by atoms with E-state index in [1.165, 1.54) is 4.90 Å². The second kappa shape index (κ2) is 8.30. The molecule has 1 saturated heterocycles. The molecule has 1 aliphatic carbocycles. The van der Waals surface area contributed by atoms with E-state index < -0.39 is 0 Å². The number of nitrogens with zero attached hydrogens (tertiary/aromatic N) is 2. The van der Waals surface area contributed by atoms with E-state index in [4.69, 9.17) is 16.3 Å². The van der Waals surface area contributed by atoms with Gasteiger partial charge < -0.3 is 9.64 Å². The van der Waals surface area contributed by atoms with Crippen LogP contribution in [0.15, 0.2) is 18.2 Å². The monoisotopic (exact) mass is 392 g/mol. The first-order valence-electron chi connectivity index (χ1n) is 9.34. The zero-order valence-electron chi connectivity index (χ0n) is 15.7. The van der Waals surface area contributed by atoms with E-state index in [9.17, 15) is 14.4 Å². The molecule has 0 spiro atoms. The number of hydrogen-bond donors (Lipinski definition) is 0.